The molecule has 1 amide bonds. The highest BCUT2D eigenvalue weighted by molar-refractivity contribution is 5.98. The van der Waals surface area contributed by atoms with E-state index in [-0.39, 0.29) is 17.5 Å². The lowest BCUT2D eigenvalue weighted by Crippen LogP contribution is -2.52. The van der Waals surface area contributed by atoms with E-state index in [1.165, 1.54) is 11.3 Å². The molecule has 1 atom stereocenters. The summed E-state index contributed by atoms with van der Waals surface area (Å²) in [5.74, 6) is -1.07. The number of piperazine rings is 1. The van der Waals surface area contributed by atoms with E-state index in [1.807, 2.05) is 13.0 Å². The molecule has 1 heterocycles. The number of amides is 1. The molecule has 2 aromatic carbocycles. The van der Waals surface area contributed by atoms with Gasteiger partial charge >= 0.3 is 5.97 Å². The molecule has 1 aliphatic heterocycles. The molecule has 0 aliphatic carbocycles. The summed E-state index contributed by atoms with van der Waals surface area (Å²) in [5.41, 5.74) is 3.88. The summed E-state index contributed by atoms with van der Waals surface area (Å²) in [6.45, 7) is 8.57. The van der Waals surface area contributed by atoms with Gasteiger partial charge in [-0.15, -0.1) is 0 Å². The van der Waals surface area contributed by atoms with Gasteiger partial charge in [0.15, 0.2) is 0 Å². The van der Waals surface area contributed by atoms with E-state index in [4.69, 9.17) is 0 Å². The Bertz CT molecular complexity index is 912. The van der Waals surface area contributed by atoms with E-state index < -0.39 is 5.97 Å². The number of carbonyl (C=O) groups is 2. The number of hydrogen-bond donors (Lipinski definition) is 2. The first-order chi connectivity index (χ1) is 14.4. The lowest BCUT2D eigenvalue weighted by atomic mass is 10.1. The fraction of sp³-hybridized carbons (Fsp3) is 0.417. The van der Waals surface area contributed by atoms with E-state index >= 15 is 0 Å². The van der Waals surface area contributed by atoms with Gasteiger partial charge in [-0.05, 0) is 56.2 Å². The molecule has 30 heavy (non-hydrogen) atoms. The minimum atomic E-state index is -0.983. The Morgan fingerprint density at radius 3 is 2.63 bits per heavy atom. The smallest absolute Gasteiger partial charge is 0.337 e. The van der Waals surface area contributed by atoms with Crippen molar-refractivity contribution in [3.63, 3.8) is 0 Å². The van der Waals surface area contributed by atoms with E-state index in [0.29, 0.717) is 17.8 Å². The highest BCUT2D eigenvalue weighted by Crippen LogP contribution is 2.29. The first-order valence-corrected chi connectivity index (χ1v) is 10.6. The van der Waals surface area contributed by atoms with Crippen LogP contribution in [0.5, 0.6) is 0 Å². The van der Waals surface area contributed by atoms with Gasteiger partial charge in [-0.25, -0.2) is 4.79 Å². The third-order valence-electron chi connectivity index (χ3n) is 5.57. The van der Waals surface area contributed by atoms with Gasteiger partial charge in [-0.1, -0.05) is 25.5 Å². The van der Waals surface area contributed by atoms with Crippen LogP contribution in [-0.2, 0) is 4.79 Å². The zero-order valence-corrected chi connectivity index (χ0v) is 18.0. The maximum atomic E-state index is 12.0. The molecule has 0 saturated carbocycles. The Hall–Kier alpha value is -3.02. The number of aromatic carboxylic acids is 1. The molecule has 160 valence electrons. The van der Waals surface area contributed by atoms with Crippen LogP contribution in [0.2, 0.25) is 0 Å². The Labute approximate surface area is 178 Å². The summed E-state index contributed by atoms with van der Waals surface area (Å²) in [6, 6.07) is 13.9. The topological polar surface area (TPSA) is 72.9 Å². The van der Waals surface area contributed by atoms with Crippen LogP contribution in [0.15, 0.2) is 42.5 Å². The van der Waals surface area contributed by atoms with E-state index in [2.05, 4.69) is 53.2 Å². The van der Waals surface area contributed by atoms with Gasteiger partial charge in [0.1, 0.15) is 0 Å². The van der Waals surface area contributed by atoms with Crippen molar-refractivity contribution in [3.8, 4) is 0 Å². The molecule has 0 bridgehead atoms. The second-order valence-electron chi connectivity index (χ2n) is 8.02. The summed E-state index contributed by atoms with van der Waals surface area (Å²) < 4.78 is 0. The van der Waals surface area contributed by atoms with Crippen molar-refractivity contribution in [2.45, 2.75) is 46.1 Å². The molecule has 3 rings (SSSR count). The predicted molar refractivity (Wildman–Crippen MR) is 122 cm³/mol. The fourth-order valence-electron chi connectivity index (χ4n) is 3.99. The number of nitrogens with one attached hydrogen (secondary N) is 1. The van der Waals surface area contributed by atoms with Crippen LogP contribution in [0.4, 0.5) is 17.1 Å². The molecule has 1 saturated heterocycles. The molecule has 6 heteroatoms. The molecule has 2 aromatic rings. The number of carbonyl (C=O) groups excluding carboxylic acids is 1. The molecule has 1 unspecified atom stereocenters. The minimum absolute atomic E-state index is 0.0821. The molecule has 0 radical (unpaired) electrons. The summed E-state index contributed by atoms with van der Waals surface area (Å²) in [5, 5.41) is 12.6. The number of unbranched alkanes of at least 4 members (excludes halogenated alkanes) is 1. The van der Waals surface area contributed by atoms with Gasteiger partial charge in [0, 0.05) is 43.5 Å². The van der Waals surface area contributed by atoms with Crippen LogP contribution in [0, 0.1) is 6.92 Å². The first-order valence-electron chi connectivity index (χ1n) is 10.6. The SMILES string of the molecule is CCCCC(=O)Nc1ccc(N2CCN(c3cccc(C)c3)C(C)C2)c(C(=O)O)c1. The average molecular weight is 410 g/mol. The van der Waals surface area contributed by atoms with Crippen molar-refractivity contribution < 1.29 is 14.7 Å². The van der Waals surface area contributed by atoms with Crippen molar-refractivity contribution in [3.05, 3.63) is 53.6 Å². The van der Waals surface area contributed by atoms with Gasteiger partial charge < -0.3 is 20.2 Å². The van der Waals surface area contributed by atoms with Gasteiger partial charge in [0.2, 0.25) is 5.91 Å². The number of carboxylic acids is 1. The lowest BCUT2D eigenvalue weighted by Gasteiger charge is -2.42. The Morgan fingerprint density at radius 1 is 1.17 bits per heavy atom. The third kappa shape index (κ3) is 5.12. The van der Waals surface area contributed by atoms with Gasteiger partial charge in [-0.3, -0.25) is 4.79 Å². The zero-order valence-electron chi connectivity index (χ0n) is 18.0. The number of hydrogen-bond acceptors (Lipinski definition) is 4. The van der Waals surface area contributed by atoms with Crippen molar-refractivity contribution in [1.82, 2.24) is 0 Å². The van der Waals surface area contributed by atoms with Crippen LogP contribution in [-0.4, -0.2) is 42.7 Å². The van der Waals surface area contributed by atoms with Crippen LogP contribution >= 0.6 is 0 Å². The molecular weight excluding hydrogens is 378 g/mol. The maximum absolute atomic E-state index is 12.0. The molecule has 1 aliphatic rings. The highest BCUT2D eigenvalue weighted by Gasteiger charge is 2.27. The van der Waals surface area contributed by atoms with E-state index in [0.717, 1.165) is 32.5 Å². The van der Waals surface area contributed by atoms with Crippen molar-refractivity contribution >= 4 is 28.9 Å². The highest BCUT2D eigenvalue weighted by atomic mass is 16.4. The van der Waals surface area contributed by atoms with E-state index in [1.54, 1.807) is 12.1 Å². The molecule has 0 spiro atoms. The molecular formula is C24H31N3O3. The minimum Gasteiger partial charge on any atom is -0.478 e. The number of rotatable bonds is 7. The standard InChI is InChI=1S/C24H31N3O3/c1-4-5-9-23(28)25-19-10-11-22(21(15-19)24(29)30)26-12-13-27(18(3)16-26)20-8-6-7-17(2)14-20/h6-8,10-11,14-15,18H,4-5,9,12-13,16H2,1-3H3,(H,25,28)(H,29,30). The van der Waals surface area contributed by atoms with Crippen molar-refractivity contribution in [1.29, 1.82) is 0 Å². The molecule has 0 aromatic heterocycles. The largest absolute Gasteiger partial charge is 0.478 e. The maximum Gasteiger partial charge on any atom is 0.337 e. The van der Waals surface area contributed by atoms with E-state index in [9.17, 15) is 14.7 Å². The Balaban J connectivity index is 1.75. The normalized spacial score (nSPS) is 16.4. The Kier molecular flexibility index (Phi) is 6.98. The van der Waals surface area contributed by atoms with Crippen LogP contribution in [0.3, 0.4) is 0 Å². The monoisotopic (exact) mass is 409 g/mol. The number of nitrogens with zero attached hydrogens (tertiary/aromatic N) is 2. The zero-order chi connectivity index (χ0) is 21.7. The van der Waals surface area contributed by atoms with Crippen molar-refractivity contribution in [2.24, 2.45) is 0 Å². The second-order valence-corrected chi connectivity index (χ2v) is 8.02. The van der Waals surface area contributed by atoms with Crippen molar-refractivity contribution in [2.75, 3.05) is 34.8 Å². The number of benzene rings is 2. The number of aryl methyl sites for hydroxylation is 1. The summed E-state index contributed by atoms with van der Waals surface area (Å²) in [7, 11) is 0. The molecule has 2 N–H and O–H groups in total. The quantitative estimate of drug-likeness (QED) is 0.703. The average Bonchev–Trinajstić information content (AvgIpc) is 2.72. The van der Waals surface area contributed by atoms with Gasteiger partial charge in [-0.2, -0.15) is 0 Å². The molecule has 1 fully saturated rings. The second kappa shape index (κ2) is 9.65. The van der Waals surface area contributed by atoms with Gasteiger partial charge in [0.05, 0.1) is 11.3 Å². The summed E-state index contributed by atoms with van der Waals surface area (Å²) >= 11 is 0. The predicted octanol–water partition coefficient (Wildman–Crippen LogP) is 4.54. The third-order valence-corrected chi connectivity index (χ3v) is 5.57. The molecule has 6 nitrogen and oxygen atoms in total. The van der Waals surface area contributed by atoms with Gasteiger partial charge in [0.25, 0.3) is 0 Å². The number of anilines is 3. The van der Waals surface area contributed by atoms with Crippen LogP contribution in [0.25, 0.3) is 0 Å². The summed E-state index contributed by atoms with van der Waals surface area (Å²) in [6.07, 6.45) is 2.21. The summed E-state index contributed by atoms with van der Waals surface area (Å²) in [4.78, 5) is 28.4. The fourth-order valence-corrected chi connectivity index (χ4v) is 3.99. The van der Waals surface area contributed by atoms with Crippen LogP contribution in [0.1, 0.15) is 49.0 Å². The lowest BCUT2D eigenvalue weighted by molar-refractivity contribution is -0.116. The van der Waals surface area contributed by atoms with Crippen LogP contribution < -0.4 is 15.1 Å². The first kappa shape index (κ1) is 21.7. The number of carboxylic acid groups (broad SMARTS) is 1. The Morgan fingerprint density at radius 2 is 1.97 bits per heavy atom.